The van der Waals surface area contributed by atoms with Crippen molar-refractivity contribution in [1.82, 2.24) is 4.37 Å². The predicted octanol–water partition coefficient (Wildman–Crippen LogP) is 3.35. The van der Waals surface area contributed by atoms with Gasteiger partial charge in [-0.3, -0.25) is 5.41 Å². The third kappa shape index (κ3) is 2.12. The fraction of sp³-hybridized carbons (Fsp3) is 0.0667. The van der Waals surface area contributed by atoms with Gasteiger partial charge in [0.15, 0.2) is 0 Å². The van der Waals surface area contributed by atoms with Gasteiger partial charge in [0, 0.05) is 23.7 Å². The van der Waals surface area contributed by atoms with Gasteiger partial charge in [0.05, 0.1) is 5.52 Å². The van der Waals surface area contributed by atoms with E-state index in [1.807, 2.05) is 49.5 Å². The number of hydrogen-bond donors (Lipinski definition) is 2. The summed E-state index contributed by atoms with van der Waals surface area (Å²) in [5.41, 5.74) is 8.26. The average Bonchev–Trinajstić information content (AvgIpc) is 2.90. The van der Waals surface area contributed by atoms with E-state index < -0.39 is 0 Å². The molecule has 20 heavy (non-hydrogen) atoms. The van der Waals surface area contributed by atoms with E-state index in [0.29, 0.717) is 0 Å². The number of nitrogen functional groups attached to an aromatic ring is 1. The summed E-state index contributed by atoms with van der Waals surface area (Å²) in [6, 6.07) is 15.8. The Morgan fingerprint density at radius 1 is 1.15 bits per heavy atom. The summed E-state index contributed by atoms with van der Waals surface area (Å²) in [6.07, 6.45) is 0. The summed E-state index contributed by atoms with van der Waals surface area (Å²) in [6.45, 7) is 0. The normalized spacial score (nSPS) is 10.7. The van der Waals surface area contributed by atoms with E-state index in [-0.39, 0.29) is 5.84 Å². The van der Waals surface area contributed by atoms with Gasteiger partial charge in [-0.25, -0.2) is 0 Å². The van der Waals surface area contributed by atoms with Gasteiger partial charge in [0.2, 0.25) is 0 Å². The summed E-state index contributed by atoms with van der Waals surface area (Å²) in [5, 5.41) is 9.67. The Morgan fingerprint density at radius 3 is 2.55 bits per heavy atom. The molecule has 0 unspecified atom stereocenters. The molecule has 1 aromatic heterocycles. The molecule has 5 heteroatoms. The Morgan fingerprint density at radius 2 is 1.85 bits per heavy atom. The van der Waals surface area contributed by atoms with Gasteiger partial charge in [-0.2, -0.15) is 4.37 Å². The van der Waals surface area contributed by atoms with E-state index in [0.717, 1.165) is 27.2 Å². The summed E-state index contributed by atoms with van der Waals surface area (Å²) in [7, 11) is 2.02. The van der Waals surface area contributed by atoms with Gasteiger partial charge in [-0.05, 0) is 47.9 Å². The first-order valence-corrected chi connectivity index (χ1v) is 6.97. The first-order valence-electron chi connectivity index (χ1n) is 6.19. The minimum Gasteiger partial charge on any atom is -0.384 e. The van der Waals surface area contributed by atoms with Gasteiger partial charge in [0.1, 0.15) is 10.8 Å². The van der Waals surface area contributed by atoms with Crippen LogP contribution < -0.4 is 10.6 Å². The van der Waals surface area contributed by atoms with Crippen LogP contribution in [0.15, 0.2) is 48.5 Å². The van der Waals surface area contributed by atoms with Gasteiger partial charge in [-0.1, -0.05) is 12.1 Å². The molecule has 0 atom stereocenters. The second-order valence-electron chi connectivity index (χ2n) is 4.52. The van der Waals surface area contributed by atoms with Gasteiger partial charge < -0.3 is 10.6 Å². The van der Waals surface area contributed by atoms with Crippen molar-refractivity contribution in [3.63, 3.8) is 0 Å². The average molecular weight is 282 g/mol. The summed E-state index contributed by atoms with van der Waals surface area (Å²) >= 11 is 1.49. The summed E-state index contributed by atoms with van der Waals surface area (Å²) in [5.74, 6) is 0.0856. The Balaban J connectivity index is 1.99. The van der Waals surface area contributed by atoms with E-state index in [1.54, 1.807) is 0 Å². The standard InChI is InChI=1S/C15H14N4S/c1-19(11-8-6-10(7-9-11)14(16)17)15-12-4-2-3-5-13(12)18-20-15/h2-9H,1H3,(H3,16,17). The molecule has 0 fully saturated rings. The second kappa shape index (κ2) is 4.94. The highest BCUT2D eigenvalue weighted by Gasteiger charge is 2.11. The molecule has 3 aromatic rings. The maximum Gasteiger partial charge on any atom is 0.124 e. The van der Waals surface area contributed by atoms with E-state index in [1.165, 1.54) is 11.5 Å². The number of anilines is 2. The Labute approximate surface area is 121 Å². The van der Waals surface area contributed by atoms with Crippen LogP contribution in [0.5, 0.6) is 0 Å². The number of fused-ring (bicyclic) bond motifs is 1. The topological polar surface area (TPSA) is 66.0 Å². The largest absolute Gasteiger partial charge is 0.384 e. The lowest BCUT2D eigenvalue weighted by atomic mass is 10.2. The minimum atomic E-state index is 0.0856. The van der Waals surface area contributed by atoms with Crippen molar-refractivity contribution in [3.8, 4) is 0 Å². The zero-order valence-electron chi connectivity index (χ0n) is 11.0. The fourth-order valence-electron chi connectivity index (χ4n) is 2.10. The molecule has 4 nitrogen and oxygen atoms in total. The lowest BCUT2D eigenvalue weighted by Crippen LogP contribution is -2.12. The van der Waals surface area contributed by atoms with Crippen molar-refractivity contribution in [3.05, 3.63) is 54.1 Å². The second-order valence-corrected chi connectivity index (χ2v) is 5.28. The van der Waals surface area contributed by atoms with Crippen molar-refractivity contribution >= 4 is 39.0 Å². The number of amidine groups is 1. The number of hydrogen-bond acceptors (Lipinski definition) is 4. The number of rotatable bonds is 3. The fourth-order valence-corrected chi connectivity index (χ4v) is 2.94. The summed E-state index contributed by atoms with van der Waals surface area (Å²) < 4.78 is 4.46. The Bertz CT molecular complexity index is 761. The van der Waals surface area contributed by atoms with Crippen molar-refractivity contribution in [2.75, 3.05) is 11.9 Å². The SMILES string of the molecule is CN(c1ccc(C(=N)N)cc1)c1snc2ccccc12. The number of benzene rings is 2. The van der Waals surface area contributed by atoms with Crippen LogP contribution in [0.2, 0.25) is 0 Å². The Hall–Kier alpha value is -2.40. The quantitative estimate of drug-likeness (QED) is 0.572. The number of nitrogens with two attached hydrogens (primary N) is 1. The molecule has 0 amide bonds. The van der Waals surface area contributed by atoms with Crippen molar-refractivity contribution in [1.29, 1.82) is 5.41 Å². The van der Waals surface area contributed by atoms with Crippen molar-refractivity contribution < 1.29 is 0 Å². The molecule has 3 rings (SSSR count). The molecule has 0 radical (unpaired) electrons. The number of aromatic nitrogens is 1. The first-order chi connectivity index (χ1) is 9.66. The maximum atomic E-state index is 7.42. The smallest absolute Gasteiger partial charge is 0.124 e. The molecule has 0 bridgehead atoms. The van der Waals surface area contributed by atoms with Crippen LogP contribution in [0.3, 0.4) is 0 Å². The molecule has 3 N–H and O–H groups in total. The van der Waals surface area contributed by atoms with Crippen LogP contribution in [0.25, 0.3) is 10.9 Å². The third-order valence-electron chi connectivity index (χ3n) is 3.24. The van der Waals surface area contributed by atoms with Crippen LogP contribution in [0.4, 0.5) is 10.7 Å². The number of nitrogens with zero attached hydrogens (tertiary/aromatic N) is 2. The lowest BCUT2D eigenvalue weighted by molar-refractivity contribution is 1.24. The molecule has 100 valence electrons. The van der Waals surface area contributed by atoms with Gasteiger partial charge in [0.25, 0.3) is 0 Å². The zero-order valence-corrected chi connectivity index (χ0v) is 11.8. The van der Waals surface area contributed by atoms with Crippen LogP contribution in [-0.4, -0.2) is 17.3 Å². The van der Waals surface area contributed by atoms with Crippen molar-refractivity contribution in [2.45, 2.75) is 0 Å². The predicted molar refractivity (Wildman–Crippen MR) is 85.1 cm³/mol. The van der Waals surface area contributed by atoms with Crippen LogP contribution >= 0.6 is 11.5 Å². The van der Waals surface area contributed by atoms with Gasteiger partial charge >= 0.3 is 0 Å². The molecule has 0 aliphatic heterocycles. The highest BCUT2D eigenvalue weighted by Crippen LogP contribution is 2.34. The molecule has 0 aliphatic carbocycles. The Kier molecular flexibility index (Phi) is 3.12. The number of nitrogens with one attached hydrogen (secondary N) is 1. The molecule has 1 heterocycles. The van der Waals surface area contributed by atoms with E-state index in [9.17, 15) is 0 Å². The molecular weight excluding hydrogens is 268 g/mol. The highest BCUT2D eigenvalue weighted by molar-refractivity contribution is 7.12. The molecule has 2 aromatic carbocycles. The van der Waals surface area contributed by atoms with Crippen LogP contribution in [-0.2, 0) is 0 Å². The first kappa shape index (κ1) is 12.6. The maximum absolute atomic E-state index is 7.42. The molecule has 0 saturated heterocycles. The zero-order chi connectivity index (χ0) is 14.1. The van der Waals surface area contributed by atoms with E-state index >= 15 is 0 Å². The van der Waals surface area contributed by atoms with Crippen LogP contribution in [0.1, 0.15) is 5.56 Å². The third-order valence-corrected chi connectivity index (χ3v) is 4.19. The lowest BCUT2D eigenvalue weighted by Gasteiger charge is -2.17. The monoisotopic (exact) mass is 282 g/mol. The molecule has 0 spiro atoms. The molecular formula is C15H14N4S. The molecule has 0 saturated carbocycles. The minimum absolute atomic E-state index is 0.0856. The van der Waals surface area contributed by atoms with Crippen molar-refractivity contribution in [2.24, 2.45) is 5.73 Å². The van der Waals surface area contributed by atoms with E-state index in [4.69, 9.17) is 11.1 Å². The van der Waals surface area contributed by atoms with Crippen LogP contribution in [0, 0.1) is 5.41 Å². The highest BCUT2D eigenvalue weighted by atomic mass is 32.1. The summed E-state index contributed by atoms with van der Waals surface area (Å²) in [4.78, 5) is 2.10. The van der Waals surface area contributed by atoms with Gasteiger partial charge in [-0.15, -0.1) is 0 Å². The molecule has 0 aliphatic rings. The van der Waals surface area contributed by atoms with E-state index in [2.05, 4.69) is 15.3 Å².